The monoisotopic (exact) mass is 347 g/mol. The molecule has 5 nitrogen and oxygen atoms in total. The van der Waals surface area contributed by atoms with Crippen molar-refractivity contribution in [2.45, 2.75) is 27.3 Å². The number of hydrogen-bond donors (Lipinski definition) is 1. The Morgan fingerprint density at radius 2 is 1.85 bits per heavy atom. The topological polar surface area (TPSA) is 64.1 Å². The molecule has 3 aromatic rings. The molecule has 0 radical (unpaired) electrons. The van der Waals surface area contributed by atoms with E-state index >= 15 is 0 Å². The number of nitrogens with one attached hydrogen (secondary N) is 1. The lowest BCUT2D eigenvalue weighted by Crippen LogP contribution is -2.24. The van der Waals surface area contributed by atoms with Gasteiger partial charge in [-0.25, -0.2) is 4.98 Å². The summed E-state index contributed by atoms with van der Waals surface area (Å²) in [4.78, 5) is 21.0. The zero-order chi connectivity index (χ0) is 18.5. The maximum atomic E-state index is 12.5. The van der Waals surface area contributed by atoms with E-state index in [1.807, 2.05) is 63.2 Å². The summed E-state index contributed by atoms with van der Waals surface area (Å²) in [6, 6.07) is 13.4. The predicted molar refractivity (Wildman–Crippen MR) is 100 cm³/mol. The summed E-state index contributed by atoms with van der Waals surface area (Å²) in [6.45, 7) is 6.11. The van der Waals surface area contributed by atoms with Crippen molar-refractivity contribution in [1.29, 1.82) is 0 Å². The van der Waals surface area contributed by atoms with Gasteiger partial charge in [0, 0.05) is 30.2 Å². The second-order valence-corrected chi connectivity index (χ2v) is 6.16. The van der Waals surface area contributed by atoms with Crippen LogP contribution in [0.25, 0.3) is 0 Å². The third-order valence-electron chi connectivity index (χ3n) is 4.08. The number of pyridine rings is 2. The van der Waals surface area contributed by atoms with E-state index in [1.165, 1.54) is 0 Å². The number of aryl methyl sites for hydroxylation is 3. The second-order valence-electron chi connectivity index (χ2n) is 6.16. The third kappa shape index (κ3) is 4.06. The maximum Gasteiger partial charge on any atom is 0.253 e. The molecule has 0 spiro atoms. The molecule has 1 N–H and O–H groups in total. The maximum absolute atomic E-state index is 12.5. The van der Waals surface area contributed by atoms with E-state index in [1.54, 1.807) is 12.4 Å². The van der Waals surface area contributed by atoms with Crippen molar-refractivity contribution >= 4 is 5.91 Å². The molecule has 1 amide bonds. The van der Waals surface area contributed by atoms with Gasteiger partial charge in [0.25, 0.3) is 5.91 Å². The third-order valence-corrected chi connectivity index (χ3v) is 4.08. The van der Waals surface area contributed by atoms with Gasteiger partial charge in [-0.2, -0.15) is 0 Å². The van der Waals surface area contributed by atoms with Gasteiger partial charge in [0.05, 0.1) is 5.56 Å². The predicted octanol–water partition coefficient (Wildman–Crippen LogP) is 4.12. The van der Waals surface area contributed by atoms with E-state index < -0.39 is 0 Å². The van der Waals surface area contributed by atoms with Gasteiger partial charge in [-0.1, -0.05) is 24.3 Å². The van der Waals surface area contributed by atoms with Crippen LogP contribution in [0.4, 0.5) is 0 Å². The van der Waals surface area contributed by atoms with E-state index in [2.05, 4.69) is 15.3 Å². The fourth-order valence-corrected chi connectivity index (χ4v) is 2.63. The van der Waals surface area contributed by atoms with Gasteiger partial charge in [-0.3, -0.25) is 9.78 Å². The summed E-state index contributed by atoms with van der Waals surface area (Å²) in [5.41, 5.74) is 4.19. The number of para-hydroxylation sites is 1. The Labute approximate surface area is 153 Å². The second kappa shape index (κ2) is 7.78. The minimum atomic E-state index is -0.166. The first kappa shape index (κ1) is 17.6. The molecular weight excluding hydrogens is 326 g/mol. The van der Waals surface area contributed by atoms with Crippen molar-refractivity contribution in [3.05, 3.63) is 82.8 Å². The van der Waals surface area contributed by atoms with Crippen LogP contribution in [-0.4, -0.2) is 15.9 Å². The molecule has 0 saturated heterocycles. The van der Waals surface area contributed by atoms with Crippen LogP contribution in [0.3, 0.4) is 0 Å². The highest BCUT2D eigenvalue weighted by Gasteiger charge is 2.12. The smallest absolute Gasteiger partial charge is 0.253 e. The highest BCUT2D eigenvalue weighted by molar-refractivity contribution is 5.95. The first-order valence-corrected chi connectivity index (χ1v) is 8.43. The van der Waals surface area contributed by atoms with Crippen LogP contribution in [0, 0.1) is 20.8 Å². The number of carbonyl (C=O) groups excluding carboxylic acids is 1. The molecular formula is C21H21N3O2. The molecule has 0 atom stereocenters. The van der Waals surface area contributed by atoms with Crippen molar-refractivity contribution in [1.82, 2.24) is 15.3 Å². The fourth-order valence-electron chi connectivity index (χ4n) is 2.63. The average molecular weight is 347 g/mol. The fraction of sp³-hybridized carbons (Fsp3) is 0.190. The van der Waals surface area contributed by atoms with Gasteiger partial charge in [0.2, 0.25) is 5.88 Å². The van der Waals surface area contributed by atoms with Gasteiger partial charge in [0.1, 0.15) is 5.75 Å². The molecule has 0 unspecified atom stereocenters. The molecule has 3 rings (SSSR count). The van der Waals surface area contributed by atoms with E-state index in [4.69, 9.17) is 4.74 Å². The normalized spacial score (nSPS) is 10.4. The highest BCUT2D eigenvalue weighted by Crippen LogP contribution is 2.25. The Morgan fingerprint density at radius 1 is 1.04 bits per heavy atom. The number of aromatic nitrogens is 2. The number of benzene rings is 1. The number of rotatable bonds is 5. The Balaban J connectivity index is 1.74. The molecule has 0 fully saturated rings. The van der Waals surface area contributed by atoms with Crippen LogP contribution in [-0.2, 0) is 6.54 Å². The summed E-state index contributed by atoms with van der Waals surface area (Å²) >= 11 is 0. The molecule has 26 heavy (non-hydrogen) atoms. The number of hydrogen-bond acceptors (Lipinski definition) is 4. The molecule has 2 heterocycles. The quantitative estimate of drug-likeness (QED) is 0.754. The first-order valence-electron chi connectivity index (χ1n) is 8.43. The van der Waals surface area contributed by atoms with Crippen LogP contribution >= 0.6 is 0 Å². The standard InChI is InChI=1S/C21H21N3O2/c1-14-7-4-5-9-19(14)26-21-17(8-6-10-22-21)12-24-20(25)18-13-23-16(3)11-15(18)2/h4-11,13H,12H2,1-3H3,(H,24,25). The van der Waals surface area contributed by atoms with Crippen molar-refractivity contribution in [3.63, 3.8) is 0 Å². The molecule has 1 aromatic carbocycles. The Kier molecular flexibility index (Phi) is 5.27. The minimum absolute atomic E-state index is 0.166. The molecule has 0 aliphatic heterocycles. The summed E-state index contributed by atoms with van der Waals surface area (Å²) in [6.07, 6.45) is 3.28. The van der Waals surface area contributed by atoms with E-state index in [0.717, 1.165) is 28.1 Å². The molecule has 5 heteroatoms. The first-order chi connectivity index (χ1) is 12.5. The molecule has 2 aromatic heterocycles. The number of ether oxygens (including phenoxy) is 1. The molecule has 0 saturated carbocycles. The van der Waals surface area contributed by atoms with Gasteiger partial charge in [-0.05, 0) is 50.1 Å². The highest BCUT2D eigenvalue weighted by atomic mass is 16.5. The summed E-state index contributed by atoms with van der Waals surface area (Å²) in [7, 11) is 0. The van der Waals surface area contributed by atoms with Crippen LogP contribution in [0.5, 0.6) is 11.6 Å². The minimum Gasteiger partial charge on any atom is -0.438 e. The molecule has 132 valence electrons. The zero-order valence-corrected chi connectivity index (χ0v) is 15.1. The Morgan fingerprint density at radius 3 is 2.62 bits per heavy atom. The van der Waals surface area contributed by atoms with Crippen LogP contribution in [0.15, 0.2) is 54.9 Å². The van der Waals surface area contributed by atoms with Crippen molar-refractivity contribution < 1.29 is 9.53 Å². The lowest BCUT2D eigenvalue weighted by molar-refractivity contribution is 0.0949. The van der Waals surface area contributed by atoms with Crippen LogP contribution in [0.1, 0.15) is 32.7 Å². The van der Waals surface area contributed by atoms with Crippen molar-refractivity contribution in [2.75, 3.05) is 0 Å². The Hall–Kier alpha value is -3.21. The lowest BCUT2D eigenvalue weighted by atomic mass is 10.1. The number of nitrogens with zero attached hydrogens (tertiary/aromatic N) is 2. The SMILES string of the molecule is Cc1cc(C)c(C(=O)NCc2cccnc2Oc2ccccc2C)cn1. The average Bonchev–Trinajstić information content (AvgIpc) is 2.62. The van der Waals surface area contributed by atoms with Crippen molar-refractivity contribution in [3.8, 4) is 11.6 Å². The van der Waals surface area contributed by atoms with E-state index in [9.17, 15) is 4.79 Å². The van der Waals surface area contributed by atoms with Crippen LogP contribution in [0.2, 0.25) is 0 Å². The van der Waals surface area contributed by atoms with Gasteiger partial charge in [0.15, 0.2) is 0 Å². The Bertz CT molecular complexity index is 938. The summed E-state index contributed by atoms with van der Waals surface area (Å²) < 4.78 is 5.94. The van der Waals surface area contributed by atoms with E-state index in [-0.39, 0.29) is 5.91 Å². The summed E-state index contributed by atoms with van der Waals surface area (Å²) in [5.74, 6) is 1.07. The largest absolute Gasteiger partial charge is 0.438 e. The van der Waals surface area contributed by atoms with Gasteiger partial charge < -0.3 is 10.1 Å². The van der Waals surface area contributed by atoms with Gasteiger partial charge in [-0.15, -0.1) is 0 Å². The number of amides is 1. The van der Waals surface area contributed by atoms with Crippen molar-refractivity contribution in [2.24, 2.45) is 0 Å². The zero-order valence-electron chi connectivity index (χ0n) is 15.1. The molecule has 0 aliphatic rings. The summed E-state index contributed by atoms with van der Waals surface area (Å²) in [5, 5.41) is 2.92. The molecule has 0 aliphatic carbocycles. The molecule has 0 bridgehead atoms. The van der Waals surface area contributed by atoms with E-state index in [0.29, 0.717) is 18.0 Å². The number of carbonyl (C=O) groups is 1. The van der Waals surface area contributed by atoms with Gasteiger partial charge >= 0.3 is 0 Å². The van der Waals surface area contributed by atoms with Crippen LogP contribution < -0.4 is 10.1 Å². The lowest BCUT2D eigenvalue weighted by Gasteiger charge is -2.12.